The van der Waals surface area contributed by atoms with E-state index in [4.69, 9.17) is 0 Å². The predicted molar refractivity (Wildman–Crippen MR) is 103 cm³/mol. The van der Waals surface area contributed by atoms with E-state index in [0.29, 0.717) is 12.0 Å². The Labute approximate surface area is 156 Å². The van der Waals surface area contributed by atoms with Gasteiger partial charge in [-0.3, -0.25) is 4.79 Å². The maximum Gasteiger partial charge on any atom is 0.179 e. The van der Waals surface area contributed by atoms with Crippen molar-refractivity contribution in [3.63, 3.8) is 0 Å². The first-order valence-corrected chi connectivity index (χ1v) is 9.84. The zero-order valence-corrected chi connectivity index (χ0v) is 15.7. The minimum Gasteiger partial charge on any atom is -0.386 e. The number of carbonyl (C=O) groups excluding carboxylic acids is 1. The highest BCUT2D eigenvalue weighted by molar-refractivity contribution is 5.99. The molecule has 0 amide bonds. The van der Waals surface area contributed by atoms with E-state index < -0.39 is 17.3 Å². The van der Waals surface area contributed by atoms with Gasteiger partial charge in [-0.1, -0.05) is 94.4 Å². The van der Waals surface area contributed by atoms with Crippen LogP contribution in [0.2, 0.25) is 0 Å². The Balaban J connectivity index is 1.90. The van der Waals surface area contributed by atoms with Crippen LogP contribution in [0.3, 0.4) is 0 Å². The Morgan fingerprint density at radius 2 is 1.62 bits per heavy atom. The number of hydrogen-bond donors (Lipinski definition) is 3. The van der Waals surface area contributed by atoms with Gasteiger partial charge in [-0.05, 0) is 6.42 Å². The Hall–Kier alpha value is -1.49. The highest BCUT2D eigenvalue weighted by Crippen LogP contribution is 2.37. The maximum absolute atomic E-state index is 12.6. The van der Waals surface area contributed by atoms with Crippen LogP contribution in [0.1, 0.15) is 75.1 Å². The van der Waals surface area contributed by atoms with E-state index in [0.717, 1.165) is 19.3 Å². The first kappa shape index (κ1) is 20.8. The number of carbonyl (C=O) groups is 1. The van der Waals surface area contributed by atoms with Crippen LogP contribution in [0.25, 0.3) is 0 Å². The second-order valence-corrected chi connectivity index (χ2v) is 7.60. The van der Waals surface area contributed by atoms with Crippen LogP contribution in [0, 0.1) is 5.92 Å². The molecule has 4 heteroatoms. The minimum atomic E-state index is -2.24. The molecule has 3 N–H and O–H groups in total. The largest absolute Gasteiger partial charge is 0.386 e. The molecule has 26 heavy (non-hydrogen) atoms. The number of unbranched alkanes of at least 4 members (excludes halogenated alkanes) is 6. The highest BCUT2D eigenvalue weighted by Gasteiger charge is 2.47. The van der Waals surface area contributed by atoms with Crippen molar-refractivity contribution in [3.8, 4) is 0 Å². The maximum atomic E-state index is 12.6. The summed E-state index contributed by atoms with van der Waals surface area (Å²) in [6, 6.07) is 8.61. The van der Waals surface area contributed by atoms with E-state index in [9.17, 15) is 20.1 Å². The molecule has 1 aliphatic carbocycles. The van der Waals surface area contributed by atoms with Gasteiger partial charge in [0.05, 0.1) is 11.5 Å². The van der Waals surface area contributed by atoms with Crippen molar-refractivity contribution >= 4 is 5.78 Å². The minimum absolute atomic E-state index is 0.241. The molecule has 2 unspecified atom stereocenters. The topological polar surface area (TPSA) is 77.8 Å². The molecule has 0 bridgehead atoms. The van der Waals surface area contributed by atoms with Crippen LogP contribution in [-0.2, 0) is 0 Å². The summed E-state index contributed by atoms with van der Waals surface area (Å²) >= 11 is 0. The molecule has 0 heterocycles. The molecule has 1 aromatic carbocycles. The van der Waals surface area contributed by atoms with Gasteiger partial charge in [0, 0.05) is 12.0 Å². The molecule has 1 aliphatic rings. The number of Topliss-reactive ketones (excluding diaryl/α,β-unsaturated/α-hetero) is 1. The third-order valence-electron chi connectivity index (χ3n) is 5.22. The second kappa shape index (κ2) is 9.45. The highest BCUT2D eigenvalue weighted by atomic mass is 16.5. The van der Waals surface area contributed by atoms with Crippen LogP contribution < -0.4 is 0 Å². The molecule has 0 radical (unpaired) electrons. The van der Waals surface area contributed by atoms with Gasteiger partial charge in [-0.25, -0.2) is 0 Å². The van der Waals surface area contributed by atoms with E-state index >= 15 is 0 Å². The molecule has 0 saturated carbocycles. The van der Waals surface area contributed by atoms with Crippen molar-refractivity contribution in [2.75, 3.05) is 0 Å². The van der Waals surface area contributed by atoms with Gasteiger partial charge in [0.15, 0.2) is 11.6 Å². The fourth-order valence-electron chi connectivity index (χ4n) is 3.69. The van der Waals surface area contributed by atoms with Gasteiger partial charge in [0.1, 0.15) is 0 Å². The van der Waals surface area contributed by atoms with Gasteiger partial charge in [-0.2, -0.15) is 0 Å². The van der Waals surface area contributed by atoms with E-state index in [1.54, 1.807) is 36.4 Å². The molecular weight excluding hydrogens is 328 g/mol. The summed E-state index contributed by atoms with van der Waals surface area (Å²) < 4.78 is 0. The zero-order valence-electron chi connectivity index (χ0n) is 15.7. The van der Waals surface area contributed by atoms with Crippen LogP contribution in [0.4, 0.5) is 0 Å². The second-order valence-electron chi connectivity index (χ2n) is 7.60. The van der Waals surface area contributed by atoms with E-state index in [-0.39, 0.29) is 12.2 Å². The number of rotatable bonds is 10. The third kappa shape index (κ3) is 5.76. The summed E-state index contributed by atoms with van der Waals surface area (Å²) in [5.74, 6) is -3.64. The Morgan fingerprint density at radius 1 is 1.00 bits per heavy atom. The predicted octanol–water partition coefficient (Wildman–Crippen LogP) is 4.00. The molecule has 144 valence electrons. The lowest BCUT2D eigenvalue weighted by molar-refractivity contribution is -0.211. The van der Waals surface area contributed by atoms with Crippen molar-refractivity contribution in [2.45, 2.75) is 76.1 Å². The van der Waals surface area contributed by atoms with Crippen molar-refractivity contribution in [1.82, 2.24) is 0 Å². The summed E-state index contributed by atoms with van der Waals surface area (Å²) in [5, 5.41) is 31.5. The van der Waals surface area contributed by atoms with Gasteiger partial charge in [-0.15, -0.1) is 0 Å². The summed E-state index contributed by atoms with van der Waals surface area (Å²) in [4.78, 5) is 12.6. The Morgan fingerprint density at radius 3 is 2.23 bits per heavy atom. The van der Waals surface area contributed by atoms with Crippen molar-refractivity contribution in [2.24, 2.45) is 5.92 Å². The average Bonchev–Trinajstić information content (AvgIpc) is 2.60. The lowest BCUT2D eigenvalue weighted by Gasteiger charge is -2.39. The van der Waals surface area contributed by atoms with Crippen molar-refractivity contribution < 1.29 is 20.1 Å². The lowest BCUT2D eigenvalue weighted by Crippen LogP contribution is -2.50. The number of aliphatic hydroxyl groups is 3. The summed E-state index contributed by atoms with van der Waals surface area (Å²) in [6.45, 7) is 2.19. The smallest absolute Gasteiger partial charge is 0.179 e. The summed E-state index contributed by atoms with van der Waals surface area (Å²) in [5.41, 5.74) is -0.826. The molecule has 0 fully saturated rings. The molecule has 2 atom stereocenters. The molecule has 0 saturated heterocycles. The first-order valence-electron chi connectivity index (χ1n) is 9.84. The molecule has 0 aromatic heterocycles. The molecule has 2 rings (SSSR count). The van der Waals surface area contributed by atoms with Crippen LogP contribution in [-0.4, -0.2) is 32.5 Å². The van der Waals surface area contributed by atoms with Crippen LogP contribution in [0.15, 0.2) is 42.5 Å². The van der Waals surface area contributed by atoms with Crippen molar-refractivity contribution in [1.29, 1.82) is 0 Å². The quantitative estimate of drug-likeness (QED) is 0.255. The number of hydrogen-bond acceptors (Lipinski definition) is 4. The van der Waals surface area contributed by atoms with Gasteiger partial charge < -0.3 is 15.3 Å². The van der Waals surface area contributed by atoms with E-state index in [1.807, 2.05) is 0 Å². The number of ketones is 1. The fourth-order valence-corrected chi connectivity index (χ4v) is 3.69. The van der Waals surface area contributed by atoms with Gasteiger partial charge in [0.2, 0.25) is 0 Å². The Bertz CT molecular complexity index is 593. The van der Waals surface area contributed by atoms with Crippen molar-refractivity contribution in [3.05, 3.63) is 48.0 Å². The van der Waals surface area contributed by atoms with Gasteiger partial charge >= 0.3 is 0 Å². The summed E-state index contributed by atoms with van der Waals surface area (Å²) in [7, 11) is 0. The summed E-state index contributed by atoms with van der Waals surface area (Å²) in [6.07, 6.45) is 11.2. The molecule has 1 aromatic rings. The first-order chi connectivity index (χ1) is 12.4. The van der Waals surface area contributed by atoms with E-state index in [2.05, 4.69) is 6.92 Å². The van der Waals surface area contributed by atoms with Gasteiger partial charge in [0.25, 0.3) is 0 Å². The lowest BCUT2D eigenvalue weighted by atomic mass is 9.75. The number of benzene rings is 1. The van der Waals surface area contributed by atoms with E-state index in [1.165, 1.54) is 31.8 Å². The molecular formula is C22H32O4. The standard InChI is InChI=1S/C22H32O4/c1-2-3-4-5-6-7-11-15-21(24)16-14-19(22(25,26)17-21)20(23)18-12-9-8-10-13-18/h8-10,12-14,16,19,24-26H,2-7,11,15,17H2,1H3. The Kier molecular flexibility index (Phi) is 7.56. The van der Waals surface area contributed by atoms with Crippen LogP contribution >= 0.6 is 0 Å². The molecule has 0 spiro atoms. The SMILES string of the molecule is CCCCCCCCCC1(O)C=CC(C(=O)c2ccccc2)C(O)(O)C1. The average molecular weight is 360 g/mol. The normalized spacial score (nSPS) is 24.5. The zero-order chi connectivity index (χ0) is 19.0. The molecule has 4 nitrogen and oxygen atoms in total. The monoisotopic (exact) mass is 360 g/mol. The van der Waals surface area contributed by atoms with Crippen LogP contribution in [0.5, 0.6) is 0 Å². The fraction of sp³-hybridized carbons (Fsp3) is 0.591. The third-order valence-corrected chi connectivity index (χ3v) is 5.22. The molecule has 0 aliphatic heterocycles.